The summed E-state index contributed by atoms with van der Waals surface area (Å²) in [6.07, 6.45) is -1.94. The number of rotatable bonds is 4. The summed E-state index contributed by atoms with van der Waals surface area (Å²) in [5.74, 6) is 0. The summed E-state index contributed by atoms with van der Waals surface area (Å²) in [7, 11) is 1.54. The topological polar surface area (TPSA) is 27.1 Å². The summed E-state index contributed by atoms with van der Waals surface area (Å²) in [4.78, 5) is 0. The summed E-state index contributed by atoms with van der Waals surface area (Å²) >= 11 is 8.81. The highest BCUT2D eigenvalue weighted by molar-refractivity contribution is 9.10. The lowest BCUT2D eigenvalue weighted by atomic mass is 10.1. The molecular formula is C15H19BrClF3N2O. The van der Waals surface area contributed by atoms with E-state index in [1.165, 1.54) is 19.4 Å². The molecule has 2 aromatic rings. The van der Waals surface area contributed by atoms with Gasteiger partial charge in [0.2, 0.25) is 0 Å². The molecule has 0 radical (unpaired) electrons. The first kappa shape index (κ1) is 20.3. The number of alkyl halides is 3. The molecule has 8 heteroatoms. The zero-order chi connectivity index (χ0) is 17.8. The second-order valence-corrected chi connectivity index (χ2v) is 5.75. The standard InChI is InChI=1S/C13H13BrClF3N2O.C2H6/c1-3-4-10(21-2)20-9-5-8(15)11(13(16,17)18)12(14)7(9)6-19-20;1-2/h5-6,10H,3-4H2,1-2H3;1-2H3. The first-order chi connectivity index (χ1) is 10.8. The van der Waals surface area contributed by atoms with E-state index in [1.807, 2.05) is 20.8 Å². The van der Waals surface area contributed by atoms with Gasteiger partial charge in [0.05, 0.1) is 22.3 Å². The van der Waals surface area contributed by atoms with Crippen molar-refractivity contribution < 1.29 is 17.9 Å². The van der Waals surface area contributed by atoms with E-state index in [4.69, 9.17) is 16.3 Å². The van der Waals surface area contributed by atoms with Crippen molar-refractivity contribution in [1.29, 1.82) is 0 Å². The van der Waals surface area contributed by atoms with Crippen LogP contribution in [0.25, 0.3) is 10.9 Å². The number of hydrogen-bond acceptors (Lipinski definition) is 2. The fourth-order valence-electron chi connectivity index (χ4n) is 2.19. The van der Waals surface area contributed by atoms with Crippen molar-refractivity contribution in [3.05, 3.63) is 27.3 Å². The minimum Gasteiger partial charge on any atom is -0.360 e. The lowest BCUT2D eigenvalue weighted by Crippen LogP contribution is -2.13. The molecule has 3 nitrogen and oxygen atoms in total. The fourth-order valence-corrected chi connectivity index (χ4v) is 3.36. The average molecular weight is 416 g/mol. The van der Waals surface area contributed by atoms with Crippen LogP contribution in [-0.4, -0.2) is 16.9 Å². The Hall–Kier alpha value is -0.790. The lowest BCUT2D eigenvalue weighted by molar-refractivity contribution is -0.138. The zero-order valence-electron chi connectivity index (χ0n) is 13.3. The molecule has 130 valence electrons. The van der Waals surface area contributed by atoms with Gasteiger partial charge in [-0.1, -0.05) is 38.8 Å². The average Bonchev–Trinajstić information content (AvgIpc) is 2.89. The van der Waals surface area contributed by atoms with E-state index < -0.39 is 11.7 Å². The van der Waals surface area contributed by atoms with Crippen LogP contribution in [0.1, 0.15) is 45.4 Å². The van der Waals surface area contributed by atoms with E-state index in [9.17, 15) is 13.2 Å². The van der Waals surface area contributed by atoms with E-state index in [0.29, 0.717) is 17.3 Å². The number of nitrogens with zero attached hydrogens (tertiary/aromatic N) is 2. The third-order valence-corrected chi connectivity index (χ3v) is 4.28. The summed E-state index contributed by atoms with van der Waals surface area (Å²) in [5.41, 5.74) is -0.388. The maximum atomic E-state index is 13.0. The SMILES string of the molecule is CC.CCCC(OC)n1ncc2c(Br)c(C(F)(F)F)c(Cl)cc21. The predicted molar refractivity (Wildman–Crippen MR) is 89.7 cm³/mol. The summed E-state index contributed by atoms with van der Waals surface area (Å²) in [6.45, 7) is 5.99. The summed E-state index contributed by atoms with van der Waals surface area (Å²) < 4.78 is 45.9. The van der Waals surface area contributed by atoms with Gasteiger partial charge < -0.3 is 4.74 Å². The Bertz CT molecular complexity index is 658. The van der Waals surface area contributed by atoms with E-state index in [1.54, 1.807) is 4.68 Å². The van der Waals surface area contributed by atoms with Gasteiger partial charge in [0.15, 0.2) is 0 Å². The predicted octanol–water partition coefficient (Wildman–Crippen LogP) is 6.44. The number of halogens is 5. The Labute approximate surface area is 146 Å². The van der Waals surface area contributed by atoms with Gasteiger partial charge in [-0.15, -0.1) is 0 Å². The van der Waals surface area contributed by atoms with Crippen LogP contribution in [0.15, 0.2) is 16.7 Å². The van der Waals surface area contributed by atoms with Crippen molar-refractivity contribution in [3.63, 3.8) is 0 Å². The van der Waals surface area contributed by atoms with Crippen LogP contribution >= 0.6 is 27.5 Å². The van der Waals surface area contributed by atoms with Crippen LogP contribution in [0, 0.1) is 0 Å². The van der Waals surface area contributed by atoms with Gasteiger partial charge in [0.1, 0.15) is 6.23 Å². The number of ether oxygens (including phenoxy) is 1. The number of methoxy groups -OCH3 is 1. The van der Waals surface area contributed by atoms with Gasteiger partial charge >= 0.3 is 6.18 Å². The van der Waals surface area contributed by atoms with Gasteiger partial charge in [-0.25, -0.2) is 4.68 Å². The zero-order valence-corrected chi connectivity index (χ0v) is 15.7. The number of benzene rings is 1. The fraction of sp³-hybridized carbons (Fsp3) is 0.533. The lowest BCUT2D eigenvalue weighted by Gasteiger charge is -2.17. The molecule has 0 fully saturated rings. The maximum Gasteiger partial charge on any atom is 0.418 e. The van der Waals surface area contributed by atoms with Gasteiger partial charge in [-0.05, 0) is 28.4 Å². The van der Waals surface area contributed by atoms with Crippen LogP contribution in [0.5, 0.6) is 0 Å². The van der Waals surface area contributed by atoms with Crippen molar-refractivity contribution in [2.45, 2.75) is 46.0 Å². The molecule has 2 rings (SSSR count). The van der Waals surface area contributed by atoms with Crippen molar-refractivity contribution in [2.75, 3.05) is 7.11 Å². The molecular weight excluding hydrogens is 397 g/mol. The van der Waals surface area contributed by atoms with E-state index >= 15 is 0 Å². The van der Waals surface area contributed by atoms with Crippen LogP contribution in [0.3, 0.4) is 0 Å². The van der Waals surface area contributed by atoms with E-state index in [2.05, 4.69) is 21.0 Å². The second-order valence-electron chi connectivity index (χ2n) is 4.55. The molecule has 0 saturated heterocycles. The normalized spacial score (nSPS) is 12.9. The molecule has 1 heterocycles. The Kier molecular flexibility index (Phi) is 7.35. The molecule has 0 aliphatic heterocycles. The van der Waals surface area contributed by atoms with Crippen molar-refractivity contribution in [3.8, 4) is 0 Å². The first-order valence-electron chi connectivity index (χ1n) is 7.26. The smallest absolute Gasteiger partial charge is 0.360 e. The van der Waals surface area contributed by atoms with Crippen LogP contribution in [0.2, 0.25) is 5.02 Å². The molecule has 1 unspecified atom stereocenters. The van der Waals surface area contributed by atoms with Gasteiger partial charge in [-0.2, -0.15) is 18.3 Å². The quantitative estimate of drug-likeness (QED) is 0.574. The highest BCUT2D eigenvalue weighted by Crippen LogP contribution is 2.43. The summed E-state index contributed by atoms with van der Waals surface area (Å²) in [5, 5.41) is 4.13. The van der Waals surface area contributed by atoms with Crippen LogP contribution in [0.4, 0.5) is 13.2 Å². The van der Waals surface area contributed by atoms with Crippen molar-refractivity contribution in [1.82, 2.24) is 9.78 Å². The highest BCUT2D eigenvalue weighted by atomic mass is 79.9. The molecule has 1 atom stereocenters. The third-order valence-electron chi connectivity index (χ3n) is 3.16. The number of hydrogen-bond donors (Lipinski definition) is 0. The molecule has 0 spiro atoms. The molecule has 0 bridgehead atoms. The molecule has 1 aromatic carbocycles. The Balaban J connectivity index is 0.00000127. The minimum absolute atomic E-state index is 0.102. The third kappa shape index (κ3) is 4.19. The van der Waals surface area contributed by atoms with Gasteiger partial charge in [0.25, 0.3) is 0 Å². The molecule has 0 aliphatic rings. The molecule has 1 aromatic heterocycles. The first-order valence-corrected chi connectivity index (χ1v) is 8.43. The van der Waals surface area contributed by atoms with E-state index in [0.717, 1.165) is 6.42 Å². The minimum atomic E-state index is -4.53. The largest absolute Gasteiger partial charge is 0.418 e. The number of aromatic nitrogens is 2. The van der Waals surface area contributed by atoms with Gasteiger partial charge in [0, 0.05) is 17.0 Å². The Morgan fingerprint density at radius 1 is 1.39 bits per heavy atom. The second kappa shape index (κ2) is 8.35. The Morgan fingerprint density at radius 3 is 2.48 bits per heavy atom. The number of fused-ring (bicyclic) bond motifs is 1. The van der Waals surface area contributed by atoms with Crippen LogP contribution < -0.4 is 0 Å². The van der Waals surface area contributed by atoms with Crippen LogP contribution in [-0.2, 0) is 10.9 Å². The molecule has 0 saturated carbocycles. The summed E-state index contributed by atoms with van der Waals surface area (Å²) in [6, 6.07) is 1.28. The molecule has 0 amide bonds. The van der Waals surface area contributed by atoms with E-state index in [-0.39, 0.29) is 15.7 Å². The monoisotopic (exact) mass is 414 g/mol. The van der Waals surface area contributed by atoms with Crippen molar-refractivity contribution in [2.24, 2.45) is 0 Å². The van der Waals surface area contributed by atoms with Crippen molar-refractivity contribution >= 4 is 38.4 Å². The van der Waals surface area contributed by atoms with Gasteiger partial charge in [-0.3, -0.25) is 0 Å². The molecule has 0 aliphatic carbocycles. The molecule has 0 N–H and O–H groups in total. The Morgan fingerprint density at radius 2 is 2.00 bits per heavy atom. The molecule has 23 heavy (non-hydrogen) atoms. The highest BCUT2D eigenvalue weighted by Gasteiger charge is 2.37. The maximum absolute atomic E-state index is 13.0.